The molecule has 7 heteroatoms. The third-order valence-electron chi connectivity index (χ3n) is 4.28. The van der Waals surface area contributed by atoms with Gasteiger partial charge in [-0.05, 0) is 39.3 Å². The second-order valence-corrected chi connectivity index (χ2v) is 6.91. The van der Waals surface area contributed by atoms with Gasteiger partial charge >= 0.3 is 0 Å². The first-order valence-corrected chi connectivity index (χ1v) is 9.44. The van der Waals surface area contributed by atoms with Gasteiger partial charge in [0.1, 0.15) is 23.7 Å². The van der Waals surface area contributed by atoms with Gasteiger partial charge in [-0.2, -0.15) is 0 Å². The maximum atomic E-state index is 12.1. The van der Waals surface area contributed by atoms with Crippen molar-refractivity contribution in [3.63, 3.8) is 0 Å². The van der Waals surface area contributed by atoms with Crippen LogP contribution in [0, 0.1) is 13.8 Å². The highest BCUT2D eigenvalue weighted by molar-refractivity contribution is 5.84. The van der Waals surface area contributed by atoms with Crippen LogP contribution in [0.3, 0.4) is 0 Å². The van der Waals surface area contributed by atoms with E-state index in [9.17, 15) is 9.90 Å². The van der Waals surface area contributed by atoms with Gasteiger partial charge in [0.25, 0.3) is 0 Å². The molecule has 0 radical (unpaired) electrons. The molecular weight excluding hydrogens is 356 g/mol. The Morgan fingerprint density at radius 3 is 2.50 bits per heavy atom. The van der Waals surface area contributed by atoms with Crippen molar-refractivity contribution in [2.45, 2.75) is 39.8 Å². The van der Waals surface area contributed by atoms with Crippen LogP contribution < -0.4 is 16.0 Å². The van der Waals surface area contributed by atoms with E-state index in [-0.39, 0.29) is 19.0 Å². The smallest absolute Gasteiger partial charge is 0.242 e. The maximum Gasteiger partial charge on any atom is 0.242 e. The van der Waals surface area contributed by atoms with Crippen molar-refractivity contribution in [3.8, 4) is 0 Å². The number of nitrogens with one attached hydrogen (secondary N) is 3. The maximum absolute atomic E-state index is 12.1. The summed E-state index contributed by atoms with van der Waals surface area (Å²) in [6.07, 6.45) is 0. The monoisotopic (exact) mass is 386 g/mol. The Morgan fingerprint density at radius 1 is 1.18 bits per heavy atom. The summed E-state index contributed by atoms with van der Waals surface area (Å²) in [6.45, 7) is 8.66. The van der Waals surface area contributed by atoms with Crippen molar-refractivity contribution >= 4 is 11.9 Å². The molecule has 0 aliphatic carbocycles. The standard InChI is InChI=1S/C21H30N4O3/c1-5-22-20(24-13-19(26)23-12-17-9-7-6-8-10-17)25-14-21(4,27)18-11-15(2)28-16(18)3/h6-11,27H,5,12-14H2,1-4H3,(H,23,26)(H2,22,24,25). The Kier molecular flexibility index (Phi) is 7.63. The number of amides is 1. The highest BCUT2D eigenvalue weighted by Gasteiger charge is 2.27. The van der Waals surface area contributed by atoms with Crippen molar-refractivity contribution in [3.05, 3.63) is 59.0 Å². The SMILES string of the molecule is CCNC(=NCC(=O)NCc1ccccc1)NCC(C)(O)c1cc(C)oc1C. The van der Waals surface area contributed by atoms with Gasteiger partial charge in [0.15, 0.2) is 5.96 Å². The van der Waals surface area contributed by atoms with E-state index < -0.39 is 5.60 Å². The molecule has 28 heavy (non-hydrogen) atoms. The van der Waals surface area contributed by atoms with E-state index in [4.69, 9.17) is 4.42 Å². The number of hydrogen-bond acceptors (Lipinski definition) is 4. The minimum Gasteiger partial charge on any atom is -0.466 e. The Morgan fingerprint density at radius 2 is 1.89 bits per heavy atom. The van der Waals surface area contributed by atoms with Gasteiger partial charge in [-0.15, -0.1) is 0 Å². The Labute approximate surface area is 166 Å². The van der Waals surface area contributed by atoms with Crippen LogP contribution in [0.2, 0.25) is 0 Å². The van der Waals surface area contributed by atoms with Crippen LogP contribution in [-0.2, 0) is 16.9 Å². The van der Waals surface area contributed by atoms with E-state index in [2.05, 4.69) is 20.9 Å². The predicted molar refractivity (Wildman–Crippen MR) is 110 cm³/mol. The van der Waals surface area contributed by atoms with Crippen molar-refractivity contribution in [1.29, 1.82) is 0 Å². The highest BCUT2D eigenvalue weighted by atomic mass is 16.3. The third-order valence-corrected chi connectivity index (χ3v) is 4.28. The molecule has 0 bridgehead atoms. The number of aryl methyl sites for hydroxylation is 2. The molecule has 0 saturated heterocycles. The average Bonchev–Trinajstić information content (AvgIpc) is 3.02. The van der Waals surface area contributed by atoms with Gasteiger partial charge in [0.05, 0.1) is 6.54 Å². The van der Waals surface area contributed by atoms with E-state index in [1.165, 1.54) is 0 Å². The number of guanidine groups is 1. The zero-order valence-corrected chi connectivity index (χ0v) is 17.0. The number of hydrogen-bond donors (Lipinski definition) is 4. The van der Waals surface area contributed by atoms with Gasteiger partial charge in [-0.3, -0.25) is 4.79 Å². The molecule has 0 spiro atoms. The molecular formula is C21H30N4O3. The lowest BCUT2D eigenvalue weighted by Crippen LogP contribution is -2.45. The van der Waals surface area contributed by atoms with E-state index >= 15 is 0 Å². The topological polar surface area (TPSA) is 98.9 Å². The summed E-state index contributed by atoms with van der Waals surface area (Å²) in [5.74, 6) is 1.74. The minimum atomic E-state index is -1.13. The molecule has 1 atom stereocenters. The van der Waals surface area contributed by atoms with Gasteiger partial charge in [0, 0.05) is 18.7 Å². The number of benzene rings is 1. The zero-order chi connectivity index (χ0) is 20.6. The normalized spacial score (nSPS) is 13.7. The Hall–Kier alpha value is -2.80. The lowest BCUT2D eigenvalue weighted by Gasteiger charge is -2.24. The van der Waals surface area contributed by atoms with Crippen LogP contribution in [0.5, 0.6) is 0 Å². The molecule has 1 aromatic carbocycles. The van der Waals surface area contributed by atoms with E-state index in [1.807, 2.05) is 57.2 Å². The summed E-state index contributed by atoms with van der Waals surface area (Å²) in [5, 5.41) is 19.8. The van der Waals surface area contributed by atoms with Crippen LogP contribution in [0.25, 0.3) is 0 Å². The van der Waals surface area contributed by atoms with Crippen LogP contribution in [0.15, 0.2) is 45.8 Å². The van der Waals surface area contributed by atoms with Gasteiger partial charge in [0.2, 0.25) is 5.91 Å². The average molecular weight is 386 g/mol. The summed E-state index contributed by atoms with van der Waals surface area (Å²) in [7, 11) is 0. The fraction of sp³-hybridized carbons (Fsp3) is 0.429. The largest absolute Gasteiger partial charge is 0.466 e. The van der Waals surface area contributed by atoms with Crippen LogP contribution in [0.4, 0.5) is 0 Å². The molecule has 1 heterocycles. The van der Waals surface area contributed by atoms with Gasteiger partial charge in [-0.1, -0.05) is 30.3 Å². The van der Waals surface area contributed by atoms with Crippen LogP contribution in [-0.4, -0.2) is 36.6 Å². The summed E-state index contributed by atoms with van der Waals surface area (Å²) in [5.41, 5.74) is 0.633. The second-order valence-electron chi connectivity index (χ2n) is 6.91. The number of rotatable bonds is 8. The fourth-order valence-electron chi connectivity index (χ4n) is 2.86. The summed E-state index contributed by atoms with van der Waals surface area (Å²) in [6, 6.07) is 11.5. The molecule has 152 valence electrons. The number of nitrogens with zero attached hydrogens (tertiary/aromatic N) is 1. The fourth-order valence-corrected chi connectivity index (χ4v) is 2.86. The lowest BCUT2D eigenvalue weighted by molar-refractivity contribution is -0.119. The summed E-state index contributed by atoms with van der Waals surface area (Å²) < 4.78 is 5.51. The lowest BCUT2D eigenvalue weighted by atomic mass is 9.96. The van der Waals surface area contributed by atoms with Gasteiger partial charge in [-0.25, -0.2) is 4.99 Å². The number of aliphatic imine (C=N–C) groups is 1. The molecule has 0 fully saturated rings. The second kappa shape index (κ2) is 9.94. The van der Waals surface area contributed by atoms with Crippen LogP contribution >= 0.6 is 0 Å². The van der Waals surface area contributed by atoms with Crippen molar-refractivity contribution in [2.75, 3.05) is 19.6 Å². The zero-order valence-electron chi connectivity index (χ0n) is 17.0. The quantitative estimate of drug-likeness (QED) is 0.411. The van der Waals surface area contributed by atoms with E-state index in [1.54, 1.807) is 6.92 Å². The van der Waals surface area contributed by atoms with Crippen molar-refractivity contribution in [1.82, 2.24) is 16.0 Å². The molecule has 0 aliphatic heterocycles. The summed E-state index contributed by atoms with van der Waals surface area (Å²) >= 11 is 0. The van der Waals surface area contributed by atoms with Gasteiger partial charge < -0.3 is 25.5 Å². The molecule has 2 aromatic rings. The Balaban J connectivity index is 1.90. The molecule has 1 aromatic heterocycles. The molecule has 2 rings (SSSR count). The van der Waals surface area contributed by atoms with Crippen molar-refractivity contribution in [2.24, 2.45) is 4.99 Å². The third kappa shape index (κ3) is 6.42. The molecule has 1 amide bonds. The Bertz CT molecular complexity index is 797. The number of aliphatic hydroxyl groups is 1. The molecule has 0 aliphatic rings. The summed E-state index contributed by atoms with van der Waals surface area (Å²) in [4.78, 5) is 16.4. The highest BCUT2D eigenvalue weighted by Crippen LogP contribution is 2.26. The number of carbonyl (C=O) groups is 1. The van der Waals surface area contributed by atoms with Crippen LogP contribution in [0.1, 0.15) is 36.5 Å². The first-order valence-electron chi connectivity index (χ1n) is 9.44. The van der Waals surface area contributed by atoms with E-state index in [0.717, 1.165) is 16.9 Å². The molecule has 0 saturated carbocycles. The molecule has 1 unspecified atom stereocenters. The molecule has 7 nitrogen and oxygen atoms in total. The number of furan rings is 1. The minimum absolute atomic E-state index is 0.00580. The predicted octanol–water partition coefficient (Wildman–Crippen LogP) is 1.98. The number of carbonyl (C=O) groups excluding carboxylic acids is 1. The van der Waals surface area contributed by atoms with Crippen molar-refractivity contribution < 1.29 is 14.3 Å². The first-order chi connectivity index (χ1) is 13.3. The first kappa shape index (κ1) is 21.5. The molecule has 4 N–H and O–H groups in total. The van der Waals surface area contributed by atoms with E-state index in [0.29, 0.717) is 24.8 Å².